The highest BCUT2D eigenvalue weighted by molar-refractivity contribution is 6.07. The number of allylic oxidation sites excluding steroid dienone is 1. The second-order valence-corrected chi connectivity index (χ2v) is 8.81. The molecule has 2 N–H and O–H groups in total. The maximum Gasteiger partial charge on any atom is 0.339 e. The van der Waals surface area contributed by atoms with Gasteiger partial charge in [0.1, 0.15) is 11.3 Å². The van der Waals surface area contributed by atoms with Crippen LogP contribution < -0.4 is 0 Å². The minimum atomic E-state index is -1.19. The largest absolute Gasteiger partial charge is 0.507 e. The lowest BCUT2D eigenvalue weighted by molar-refractivity contribution is 0.0693. The standard InChI is InChI=1S/C24H26O4/c1-23(2)11-12-24(3,4)19-14-16(7-9-18(19)23)20(25)10-6-15-5-8-17(22(27)28)21(26)13-15/h5-10,13-14,26H,11-12H2,1-4H3,(H,27,28)/b10-6+. The van der Waals surface area contributed by atoms with Gasteiger partial charge in [-0.1, -0.05) is 52.0 Å². The molecule has 28 heavy (non-hydrogen) atoms. The fourth-order valence-electron chi connectivity index (χ4n) is 3.84. The van der Waals surface area contributed by atoms with E-state index >= 15 is 0 Å². The minimum absolute atomic E-state index is 0.0311. The number of ketones is 1. The summed E-state index contributed by atoms with van der Waals surface area (Å²) >= 11 is 0. The molecule has 0 radical (unpaired) electrons. The van der Waals surface area contributed by atoms with Crippen LogP contribution in [0.25, 0.3) is 6.08 Å². The van der Waals surface area contributed by atoms with Crippen LogP contribution in [0.1, 0.15) is 77.9 Å². The highest BCUT2D eigenvalue weighted by Gasteiger charge is 2.37. The van der Waals surface area contributed by atoms with E-state index in [9.17, 15) is 14.7 Å². The van der Waals surface area contributed by atoms with E-state index in [0.717, 1.165) is 12.8 Å². The molecule has 0 fully saturated rings. The summed E-state index contributed by atoms with van der Waals surface area (Å²) in [5.41, 5.74) is 3.70. The topological polar surface area (TPSA) is 74.6 Å². The van der Waals surface area contributed by atoms with E-state index in [2.05, 4.69) is 33.8 Å². The average Bonchev–Trinajstić information content (AvgIpc) is 2.63. The van der Waals surface area contributed by atoms with Crippen LogP contribution in [0.2, 0.25) is 0 Å². The molecular formula is C24H26O4. The zero-order chi connectivity index (χ0) is 20.7. The van der Waals surface area contributed by atoms with Gasteiger partial charge in [0.05, 0.1) is 0 Å². The SMILES string of the molecule is CC1(C)CCC(C)(C)c2cc(C(=O)/C=C/c3ccc(C(=O)O)c(O)c3)ccc21. The number of aromatic carboxylic acids is 1. The number of carboxylic acids is 1. The van der Waals surface area contributed by atoms with Crippen molar-refractivity contribution in [1.82, 2.24) is 0 Å². The number of hydrogen-bond acceptors (Lipinski definition) is 3. The Bertz CT molecular complexity index is 980. The lowest BCUT2D eigenvalue weighted by Gasteiger charge is -2.42. The summed E-state index contributed by atoms with van der Waals surface area (Å²) in [5.74, 6) is -1.63. The van der Waals surface area contributed by atoms with E-state index in [1.807, 2.05) is 12.1 Å². The number of hydrogen-bond donors (Lipinski definition) is 2. The third-order valence-corrected chi connectivity index (χ3v) is 5.82. The van der Waals surface area contributed by atoms with Crippen molar-refractivity contribution in [2.45, 2.75) is 51.4 Å². The fourth-order valence-corrected chi connectivity index (χ4v) is 3.84. The summed E-state index contributed by atoms with van der Waals surface area (Å²) in [5, 5.41) is 18.8. The third kappa shape index (κ3) is 3.72. The zero-order valence-corrected chi connectivity index (χ0v) is 16.7. The molecule has 0 spiro atoms. The summed E-state index contributed by atoms with van der Waals surface area (Å²) in [6, 6.07) is 10.2. The minimum Gasteiger partial charge on any atom is -0.507 e. The number of carboxylic acid groups (broad SMARTS) is 1. The van der Waals surface area contributed by atoms with Crippen LogP contribution >= 0.6 is 0 Å². The quantitative estimate of drug-likeness (QED) is 0.556. The van der Waals surface area contributed by atoms with E-state index in [4.69, 9.17) is 5.11 Å². The Balaban J connectivity index is 1.89. The van der Waals surface area contributed by atoms with Crippen LogP contribution in [0.4, 0.5) is 0 Å². The predicted octanol–water partition coefficient (Wildman–Crippen LogP) is 5.34. The first-order valence-corrected chi connectivity index (χ1v) is 9.45. The van der Waals surface area contributed by atoms with Gasteiger partial charge in [0.15, 0.2) is 5.78 Å². The Kier molecular flexibility index (Phi) is 4.92. The first-order chi connectivity index (χ1) is 13.0. The van der Waals surface area contributed by atoms with E-state index in [1.54, 1.807) is 12.1 Å². The van der Waals surface area contributed by atoms with Crippen molar-refractivity contribution in [2.24, 2.45) is 0 Å². The van der Waals surface area contributed by atoms with E-state index < -0.39 is 5.97 Å². The highest BCUT2D eigenvalue weighted by Crippen LogP contribution is 2.45. The molecule has 4 heteroatoms. The molecule has 1 aliphatic carbocycles. The molecule has 0 aliphatic heterocycles. The molecule has 0 saturated heterocycles. The van der Waals surface area contributed by atoms with Gasteiger partial charge in [0.2, 0.25) is 0 Å². The lowest BCUT2D eigenvalue weighted by Crippen LogP contribution is -2.34. The molecule has 4 nitrogen and oxygen atoms in total. The Hall–Kier alpha value is -2.88. The second kappa shape index (κ2) is 6.93. The van der Waals surface area contributed by atoms with Crippen molar-refractivity contribution in [1.29, 1.82) is 0 Å². The van der Waals surface area contributed by atoms with Crippen LogP contribution in [0.5, 0.6) is 5.75 Å². The van der Waals surface area contributed by atoms with Gasteiger partial charge in [-0.25, -0.2) is 4.79 Å². The number of carbonyl (C=O) groups is 2. The van der Waals surface area contributed by atoms with Crippen molar-refractivity contribution >= 4 is 17.8 Å². The first kappa shape index (κ1) is 19.9. The van der Waals surface area contributed by atoms with Crippen LogP contribution in [0, 0.1) is 0 Å². The number of phenols is 1. The molecule has 0 unspecified atom stereocenters. The molecule has 0 aromatic heterocycles. The highest BCUT2D eigenvalue weighted by atomic mass is 16.4. The monoisotopic (exact) mass is 378 g/mol. The smallest absolute Gasteiger partial charge is 0.339 e. The average molecular weight is 378 g/mol. The molecule has 0 heterocycles. The van der Waals surface area contributed by atoms with Crippen molar-refractivity contribution in [3.05, 3.63) is 70.3 Å². The van der Waals surface area contributed by atoms with Crippen molar-refractivity contribution < 1.29 is 19.8 Å². The van der Waals surface area contributed by atoms with E-state index in [-0.39, 0.29) is 27.9 Å². The zero-order valence-electron chi connectivity index (χ0n) is 16.7. The molecule has 146 valence electrons. The number of benzene rings is 2. The molecular weight excluding hydrogens is 352 g/mol. The van der Waals surface area contributed by atoms with Gasteiger partial charge in [-0.3, -0.25) is 4.79 Å². The van der Waals surface area contributed by atoms with Crippen molar-refractivity contribution in [2.75, 3.05) is 0 Å². The number of aromatic hydroxyl groups is 1. The van der Waals surface area contributed by atoms with Gasteiger partial charge in [-0.05, 0) is 64.6 Å². The number of carbonyl (C=O) groups excluding carboxylic acids is 1. The normalized spacial score (nSPS) is 17.3. The van der Waals surface area contributed by atoms with Gasteiger partial charge in [0.25, 0.3) is 0 Å². The molecule has 3 rings (SSSR count). The van der Waals surface area contributed by atoms with E-state index in [0.29, 0.717) is 11.1 Å². The van der Waals surface area contributed by atoms with Crippen molar-refractivity contribution in [3.8, 4) is 5.75 Å². The molecule has 0 amide bonds. The summed E-state index contributed by atoms with van der Waals surface area (Å²) in [4.78, 5) is 23.7. The van der Waals surface area contributed by atoms with Crippen LogP contribution in [-0.4, -0.2) is 22.0 Å². The van der Waals surface area contributed by atoms with Crippen molar-refractivity contribution in [3.63, 3.8) is 0 Å². The molecule has 1 aliphatic rings. The lowest BCUT2D eigenvalue weighted by atomic mass is 9.63. The summed E-state index contributed by atoms with van der Waals surface area (Å²) in [7, 11) is 0. The number of fused-ring (bicyclic) bond motifs is 1. The summed E-state index contributed by atoms with van der Waals surface area (Å²) in [6.45, 7) is 8.93. The molecule has 0 atom stereocenters. The van der Waals surface area contributed by atoms with Crippen LogP contribution in [0.15, 0.2) is 42.5 Å². The second-order valence-electron chi connectivity index (χ2n) is 8.81. The van der Waals surface area contributed by atoms with Gasteiger partial charge >= 0.3 is 5.97 Å². The fraction of sp³-hybridized carbons (Fsp3) is 0.333. The Labute approximate surface area is 165 Å². The summed E-state index contributed by atoms with van der Waals surface area (Å²) in [6.07, 6.45) is 5.24. The Morgan fingerprint density at radius 1 is 0.929 bits per heavy atom. The first-order valence-electron chi connectivity index (χ1n) is 9.45. The maximum atomic E-state index is 12.7. The van der Waals surface area contributed by atoms with E-state index in [1.165, 1.54) is 29.3 Å². The third-order valence-electron chi connectivity index (χ3n) is 5.82. The van der Waals surface area contributed by atoms with Crippen LogP contribution in [0.3, 0.4) is 0 Å². The van der Waals surface area contributed by atoms with Gasteiger partial charge in [-0.2, -0.15) is 0 Å². The summed E-state index contributed by atoms with van der Waals surface area (Å²) < 4.78 is 0. The molecule has 0 saturated carbocycles. The van der Waals surface area contributed by atoms with Crippen LogP contribution in [-0.2, 0) is 10.8 Å². The predicted molar refractivity (Wildman–Crippen MR) is 110 cm³/mol. The van der Waals surface area contributed by atoms with Gasteiger partial charge < -0.3 is 10.2 Å². The number of rotatable bonds is 4. The van der Waals surface area contributed by atoms with Gasteiger partial charge in [0, 0.05) is 5.56 Å². The molecule has 2 aromatic carbocycles. The molecule has 2 aromatic rings. The maximum absolute atomic E-state index is 12.7. The van der Waals surface area contributed by atoms with Gasteiger partial charge in [-0.15, -0.1) is 0 Å². The Morgan fingerprint density at radius 2 is 1.57 bits per heavy atom. The Morgan fingerprint density at radius 3 is 2.18 bits per heavy atom. The molecule has 0 bridgehead atoms.